The van der Waals surface area contributed by atoms with Gasteiger partial charge in [-0.2, -0.15) is 0 Å². The second kappa shape index (κ2) is 5.78. The summed E-state index contributed by atoms with van der Waals surface area (Å²) in [6, 6.07) is 6.14. The van der Waals surface area contributed by atoms with Crippen LogP contribution in [0.1, 0.15) is 84.8 Å². The van der Waals surface area contributed by atoms with Gasteiger partial charge in [0.2, 0.25) is 0 Å². The molecule has 4 atom stereocenters. The maximum absolute atomic E-state index is 9.89. The molecule has 1 nitrogen and oxygen atoms in total. The van der Waals surface area contributed by atoms with Crippen LogP contribution in [0.5, 0.6) is 5.75 Å². The molecule has 3 aliphatic carbocycles. The van der Waals surface area contributed by atoms with Crippen LogP contribution >= 0.6 is 0 Å². The number of phenolic OH excluding ortho intramolecular Hbond substituents is 1. The number of aromatic hydroxyl groups is 1. The summed E-state index contributed by atoms with van der Waals surface area (Å²) in [4.78, 5) is 0. The zero-order valence-corrected chi connectivity index (χ0v) is 16.6. The molecule has 3 aliphatic rings. The summed E-state index contributed by atoms with van der Waals surface area (Å²) >= 11 is 0. The molecule has 0 aromatic heterocycles. The van der Waals surface area contributed by atoms with Crippen molar-refractivity contribution in [2.75, 3.05) is 0 Å². The van der Waals surface area contributed by atoms with E-state index in [0.717, 1.165) is 11.8 Å². The van der Waals surface area contributed by atoms with Crippen LogP contribution in [0, 0.1) is 22.7 Å². The average molecular weight is 329 g/mol. The Labute approximate surface area is 148 Å². The van der Waals surface area contributed by atoms with Crippen molar-refractivity contribution < 1.29 is 5.11 Å². The Kier molecular flexibility index (Phi) is 4.30. The van der Waals surface area contributed by atoms with Gasteiger partial charge >= 0.3 is 0 Å². The molecule has 24 heavy (non-hydrogen) atoms. The standard InChI is InChI=1S/C21H30O.C2H6/c1-19(2)9-5-10-21(4)17(19)8-11-20(3)16-7-6-15(22)12-14(16)13-18(20)21;1-2/h6-7,12,17-18,22H,5,8-11,13H2,1-4H3;1-2H3. The second-order valence-corrected chi connectivity index (χ2v) is 9.45. The van der Waals surface area contributed by atoms with E-state index in [1.54, 1.807) is 0 Å². The van der Waals surface area contributed by atoms with Gasteiger partial charge in [-0.25, -0.2) is 0 Å². The molecule has 0 heterocycles. The number of benzene rings is 1. The van der Waals surface area contributed by atoms with Gasteiger partial charge < -0.3 is 5.11 Å². The van der Waals surface area contributed by atoms with Crippen LogP contribution in [0.3, 0.4) is 0 Å². The molecule has 0 amide bonds. The van der Waals surface area contributed by atoms with E-state index < -0.39 is 0 Å². The molecule has 1 aromatic carbocycles. The minimum Gasteiger partial charge on any atom is -0.508 e. The summed E-state index contributed by atoms with van der Waals surface area (Å²) in [7, 11) is 0. The number of hydrogen-bond acceptors (Lipinski definition) is 1. The van der Waals surface area contributed by atoms with Crippen molar-refractivity contribution in [3.63, 3.8) is 0 Å². The van der Waals surface area contributed by atoms with Gasteiger partial charge in [0.15, 0.2) is 0 Å². The third-order valence-corrected chi connectivity index (χ3v) is 7.92. The van der Waals surface area contributed by atoms with E-state index in [-0.39, 0.29) is 0 Å². The molecule has 1 heteroatoms. The SMILES string of the molecule is CC.CC1(C)CCCC2(C)C1CCC1(C)c3ccc(O)cc3CC12. The van der Waals surface area contributed by atoms with Gasteiger partial charge in [0.05, 0.1) is 0 Å². The maximum atomic E-state index is 9.89. The summed E-state index contributed by atoms with van der Waals surface area (Å²) in [5, 5.41) is 9.89. The Morgan fingerprint density at radius 2 is 1.67 bits per heavy atom. The Hall–Kier alpha value is -0.980. The molecule has 0 saturated heterocycles. The first-order chi connectivity index (χ1) is 11.3. The average Bonchev–Trinajstić information content (AvgIpc) is 2.82. The lowest BCUT2D eigenvalue weighted by atomic mass is 9.43. The van der Waals surface area contributed by atoms with Crippen LogP contribution < -0.4 is 0 Å². The van der Waals surface area contributed by atoms with Crippen LogP contribution in [-0.2, 0) is 11.8 Å². The van der Waals surface area contributed by atoms with Crippen molar-refractivity contribution >= 4 is 0 Å². The Morgan fingerprint density at radius 3 is 2.38 bits per heavy atom. The molecule has 134 valence electrons. The van der Waals surface area contributed by atoms with Gasteiger partial charge in [-0.3, -0.25) is 0 Å². The van der Waals surface area contributed by atoms with Crippen molar-refractivity contribution in [3.05, 3.63) is 29.3 Å². The third-order valence-electron chi connectivity index (χ3n) is 7.92. The number of hydrogen-bond donors (Lipinski definition) is 1. The lowest BCUT2D eigenvalue weighted by molar-refractivity contribution is -0.0982. The predicted octanol–water partition coefficient (Wildman–Crippen LogP) is 6.47. The smallest absolute Gasteiger partial charge is 0.115 e. The fraction of sp³-hybridized carbons (Fsp3) is 0.739. The Balaban J connectivity index is 0.000000815. The second-order valence-electron chi connectivity index (χ2n) is 9.45. The van der Waals surface area contributed by atoms with Gasteiger partial charge in [0, 0.05) is 0 Å². The topological polar surface area (TPSA) is 20.2 Å². The first-order valence-electron chi connectivity index (χ1n) is 10.1. The lowest BCUT2D eigenvalue weighted by Gasteiger charge is -2.61. The zero-order valence-electron chi connectivity index (χ0n) is 16.6. The molecule has 4 rings (SSSR count). The first kappa shape index (κ1) is 17.8. The molecule has 1 N–H and O–H groups in total. The normalized spacial score (nSPS) is 39.1. The number of rotatable bonds is 0. The molecule has 0 bridgehead atoms. The lowest BCUT2D eigenvalue weighted by Crippen LogP contribution is -2.55. The fourth-order valence-electron chi connectivity index (χ4n) is 6.96. The highest BCUT2D eigenvalue weighted by Crippen LogP contribution is 2.67. The quantitative estimate of drug-likeness (QED) is 0.578. The molecular formula is C23H36O. The van der Waals surface area contributed by atoms with E-state index in [1.165, 1.54) is 49.7 Å². The molecule has 0 spiro atoms. The minimum absolute atomic E-state index is 0.321. The molecule has 0 aliphatic heterocycles. The largest absolute Gasteiger partial charge is 0.508 e. The monoisotopic (exact) mass is 328 g/mol. The highest BCUT2D eigenvalue weighted by atomic mass is 16.3. The van der Waals surface area contributed by atoms with Crippen molar-refractivity contribution in [1.82, 2.24) is 0 Å². The van der Waals surface area contributed by atoms with E-state index in [4.69, 9.17) is 0 Å². The molecule has 1 aromatic rings. The van der Waals surface area contributed by atoms with Crippen molar-refractivity contribution in [1.29, 1.82) is 0 Å². The van der Waals surface area contributed by atoms with Gasteiger partial charge in [-0.05, 0) is 83.4 Å². The van der Waals surface area contributed by atoms with E-state index >= 15 is 0 Å². The van der Waals surface area contributed by atoms with Crippen LogP contribution in [-0.4, -0.2) is 5.11 Å². The van der Waals surface area contributed by atoms with E-state index in [0.29, 0.717) is 22.0 Å². The van der Waals surface area contributed by atoms with Crippen molar-refractivity contribution in [2.24, 2.45) is 22.7 Å². The van der Waals surface area contributed by atoms with E-state index in [9.17, 15) is 5.11 Å². The summed E-state index contributed by atoms with van der Waals surface area (Å²) in [5.41, 5.74) is 4.21. The molecular weight excluding hydrogens is 292 g/mol. The van der Waals surface area contributed by atoms with Crippen LogP contribution in [0.4, 0.5) is 0 Å². The zero-order chi connectivity index (χ0) is 17.8. The summed E-state index contributed by atoms with van der Waals surface area (Å²) in [6.07, 6.45) is 8.03. The number of phenols is 1. The van der Waals surface area contributed by atoms with Crippen LogP contribution in [0.15, 0.2) is 18.2 Å². The molecule has 0 radical (unpaired) electrons. The summed E-state index contributed by atoms with van der Waals surface area (Å²) in [5.74, 6) is 2.04. The Bertz CT molecular complexity index is 616. The Morgan fingerprint density at radius 1 is 0.958 bits per heavy atom. The minimum atomic E-state index is 0.321. The highest BCUT2D eigenvalue weighted by molar-refractivity contribution is 5.46. The molecule has 2 fully saturated rings. The van der Waals surface area contributed by atoms with E-state index in [1.807, 2.05) is 26.0 Å². The van der Waals surface area contributed by atoms with Gasteiger partial charge in [-0.1, -0.05) is 54.0 Å². The highest BCUT2D eigenvalue weighted by Gasteiger charge is 2.60. The first-order valence-corrected chi connectivity index (χ1v) is 10.1. The van der Waals surface area contributed by atoms with Crippen molar-refractivity contribution in [2.45, 2.75) is 85.5 Å². The van der Waals surface area contributed by atoms with Crippen LogP contribution in [0.25, 0.3) is 0 Å². The maximum Gasteiger partial charge on any atom is 0.115 e. The van der Waals surface area contributed by atoms with Crippen LogP contribution in [0.2, 0.25) is 0 Å². The summed E-state index contributed by atoms with van der Waals surface area (Å²) in [6.45, 7) is 14.1. The number of fused-ring (bicyclic) bond motifs is 5. The van der Waals surface area contributed by atoms with Gasteiger partial charge in [0.1, 0.15) is 5.75 Å². The predicted molar refractivity (Wildman–Crippen MR) is 102 cm³/mol. The molecule has 2 saturated carbocycles. The fourth-order valence-corrected chi connectivity index (χ4v) is 6.96. The summed E-state index contributed by atoms with van der Waals surface area (Å²) < 4.78 is 0. The van der Waals surface area contributed by atoms with E-state index in [2.05, 4.69) is 33.8 Å². The molecule has 4 unspecified atom stereocenters. The van der Waals surface area contributed by atoms with Gasteiger partial charge in [0.25, 0.3) is 0 Å². The van der Waals surface area contributed by atoms with Gasteiger partial charge in [-0.15, -0.1) is 0 Å². The van der Waals surface area contributed by atoms with Crippen molar-refractivity contribution in [3.8, 4) is 5.75 Å². The third kappa shape index (κ3) is 2.34.